The number of hydrogen-bond donors (Lipinski definition) is 1. The van der Waals surface area contributed by atoms with Gasteiger partial charge >= 0.3 is 0 Å². The molecule has 2 rings (SSSR count). The number of carbonyl (C=O) groups is 1. The van der Waals surface area contributed by atoms with Crippen LogP contribution in [0.5, 0.6) is 0 Å². The van der Waals surface area contributed by atoms with Crippen molar-refractivity contribution in [2.75, 3.05) is 13.7 Å². The predicted octanol–water partition coefficient (Wildman–Crippen LogP) is 2.72. The lowest BCUT2D eigenvalue weighted by atomic mass is 10.1. The molecule has 0 radical (unpaired) electrons. The molecule has 4 heteroatoms. The van der Waals surface area contributed by atoms with Crippen LogP contribution in [0.25, 0.3) is 0 Å². The first kappa shape index (κ1) is 14.3. The Hall–Kier alpha value is -2.07. The van der Waals surface area contributed by atoms with E-state index in [4.69, 9.17) is 9.15 Å². The summed E-state index contributed by atoms with van der Waals surface area (Å²) in [5.41, 5.74) is 1.06. The summed E-state index contributed by atoms with van der Waals surface area (Å²) in [7, 11) is 1.65. The molecule has 4 nitrogen and oxygen atoms in total. The summed E-state index contributed by atoms with van der Waals surface area (Å²) in [6.07, 6.45) is 2.52. The van der Waals surface area contributed by atoms with E-state index < -0.39 is 0 Å². The van der Waals surface area contributed by atoms with Gasteiger partial charge in [-0.1, -0.05) is 30.3 Å². The second kappa shape index (κ2) is 7.50. The first-order chi connectivity index (χ1) is 9.79. The normalized spacial score (nSPS) is 12.1. The Bertz CT molecular complexity index is 508. The lowest BCUT2D eigenvalue weighted by molar-refractivity contribution is -0.121. The number of amides is 1. The Morgan fingerprint density at radius 2 is 2.05 bits per heavy atom. The first-order valence-corrected chi connectivity index (χ1v) is 6.66. The zero-order valence-electron chi connectivity index (χ0n) is 11.5. The van der Waals surface area contributed by atoms with Gasteiger partial charge in [0.25, 0.3) is 0 Å². The Morgan fingerprint density at radius 1 is 1.25 bits per heavy atom. The molecule has 0 saturated carbocycles. The highest BCUT2D eigenvalue weighted by Crippen LogP contribution is 2.14. The molecule has 1 aromatic heterocycles. The predicted molar refractivity (Wildman–Crippen MR) is 76.2 cm³/mol. The summed E-state index contributed by atoms with van der Waals surface area (Å²) in [6.45, 7) is 0.470. The number of benzene rings is 1. The van der Waals surface area contributed by atoms with Crippen molar-refractivity contribution in [3.63, 3.8) is 0 Å². The SMILES string of the molecule is COC(CNC(=O)CCc1ccco1)c1ccccc1. The fourth-order valence-electron chi connectivity index (χ4n) is 1.99. The van der Waals surface area contributed by atoms with Crippen LogP contribution >= 0.6 is 0 Å². The number of carbonyl (C=O) groups excluding carboxylic acids is 1. The van der Waals surface area contributed by atoms with E-state index in [1.807, 2.05) is 42.5 Å². The third kappa shape index (κ3) is 4.24. The number of nitrogens with one attached hydrogen (secondary N) is 1. The van der Waals surface area contributed by atoms with Gasteiger partial charge in [0.1, 0.15) is 5.76 Å². The molecule has 0 spiro atoms. The van der Waals surface area contributed by atoms with Crippen molar-refractivity contribution in [1.29, 1.82) is 0 Å². The summed E-state index contributed by atoms with van der Waals surface area (Å²) in [6, 6.07) is 13.5. The van der Waals surface area contributed by atoms with Gasteiger partial charge in [0.05, 0.1) is 12.4 Å². The van der Waals surface area contributed by atoms with E-state index in [-0.39, 0.29) is 12.0 Å². The van der Waals surface area contributed by atoms with E-state index in [1.165, 1.54) is 0 Å². The minimum atomic E-state index is -0.122. The second-order valence-corrected chi connectivity index (χ2v) is 4.52. The Balaban J connectivity index is 1.77. The van der Waals surface area contributed by atoms with Gasteiger partial charge < -0.3 is 14.5 Å². The number of furan rings is 1. The van der Waals surface area contributed by atoms with Crippen molar-refractivity contribution in [3.05, 3.63) is 60.1 Å². The smallest absolute Gasteiger partial charge is 0.220 e. The first-order valence-electron chi connectivity index (χ1n) is 6.66. The standard InChI is InChI=1S/C16H19NO3/c1-19-15(13-6-3-2-4-7-13)12-17-16(18)10-9-14-8-5-11-20-14/h2-8,11,15H,9-10,12H2,1H3,(H,17,18). The Kier molecular flexibility index (Phi) is 5.38. The Morgan fingerprint density at radius 3 is 2.70 bits per heavy atom. The van der Waals surface area contributed by atoms with Crippen LogP contribution in [-0.2, 0) is 16.0 Å². The average Bonchev–Trinajstić information content (AvgIpc) is 3.00. The Labute approximate surface area is 118 Å². The van der Waals surface area contributed by atoms with E-state index in [2.05, 4.69) is 5.32 Å². The van der Waals surface area contributed by atoms with Gasteiger partial charge in [-0.15, -0.1) is 0 Å². The molecule has 0 aliphatic carbocycles. The average molecular weight is 273 g/mol. The minimum absolute atomic E-state index is 0.000573. The monoisotopic (exact) mass is 273 g/mol. The van der Waals surface area contributed by atoms with Crippen molar-refractivity contribution in [2.45, 2.75) is 18.9 Å². The van der Waals surface area contributed by atoms with E-state index >= 15 is 0 Å². The van der Waals surface area contributed by atoms with Crippen molar-refractivity contribution in [3.8, 4) is 0 Å². The van der Waals surface area contributed by atoms with Crippen molar-refractivity contribution >= 4 is 5.91 Å². The van der Waals surface area contributed by atoms with Crippen LogP contribution in [0.3, 0.4) is 0 Å². The molecule has 1 unspecified atom stereocenters. The molecule has 1 N–H and O–H groups in total. The molecule has 0 aliphatic heterocycles. The van der Waals surface area contributed by atoms with Crippen LogP contribution in [0.2, 0.25) is 0 Å². The zero-order chi connectivity index (χ0) is 14.2. The molecule has 2 aromatic rings. The summed E-state index contributed by atoms with van der Waals surface area (Å²) in [4.78, 5) is 11.8. The van der Waals surface area contributed by atoms with Gasteiger partial charge in [-0.25, -0.2) is 0 Å². The highest BCUT2D eigenvalue weighted by molar-refractivity contribution is 5.76. The van der Waals surface area contributed by atoms with Gasteiger partial charge in [0, 0.05) is 26.5 Å². The maximum Gasteiger partial charge on any atom is 0.220 e. The van der Waals surface area contributed by atoms with Gasteiger partial charge in [-0.3, -0.25) is 4.79 Å². The fraction of sp³-hybridized carbons (Fsp3) is 0.312. The lowest BCUT2D eigenvalue weighted by Gasteiger charge is -2.16. The maximum atomic E-state index is 11.8. The third-order valence-electron chi connectivity index (χ3n) is 3.12. The van der Waals surface area contributed by atoms with Gasteiger partial charge in [0.15, 0.2) is 0 Å². The fourth-order valence-corrected chi connectivity index (χ4v) is 1.99. The molecular formula is C16H19NO3. The van der Waals surface area contributed by atoms with Crippen LogP contribution < -0.4 is 5.32 Å². The molecule has 1 aromatic carbocycles. The number of rotatable bonds is 7. The topological polar surface area (TPSA) is 51.5 Å². The molecule has 1 heterocycles. The van der Waals surface area contributed by atoms with Crippen LogP contribution in [0.4, 0.5) is 0 Å². The number of hydrogen-bond acceptors (Lipinski definition) is 3. The number of aryl methyl sites for hydroxylation is 1. The molecule has 0 saturated heterocycles. The van der Waals surface area contributed by atoms with Crippen molar-refractivity contribution < 1.29 is 13.9 Å². The van der Waals surface area contributed by atoms with Crippen LogP contribution in [0.15, 0.2) is 53.1 Å². The van der Waals surface area contributed by atoms with Crippen molar-refractivity contribution in [1.82, 2.24) is 5.32 Å². The molecule has 1 atom stereocenters. The van der Waals surface area contributed by atoms with E-state index in [1.54, 1.807) is 13.4 Å². The van der Waals surface area contributed by atoms with Gasteiger partial charge in [-0.05, 0) is 17.7 Å². The maximum absolute atomic E-state index is 11.8. The van der Waals surface area contributed by atoms with E-state index in [0.29, 0.717) is 19.4 Å². The number of methoxy groups -OCH3 is 1. The molecule has 0 aliphatic rings. The van der Waals surface area contributed by atoms with Crippen molar-refractivity contribution in [2.24, 2.45) is 0 Å². The van der Waals surface area contributed by atoms with Crippen LogP contribution in [0, 0.1) is 0 Å². The minimum Gasteiger partial charge on any atom is -0.469 e. The summed E-state index contributed by atoms with van der Waals surface area (Å²) < 4.78 is 10.6. The molecule has 106 valence electrons. The van der Waals surface area contributed by atoms with Gasteiger partial charge in [0.2, 0.25) is 5.91 Å². The molecule has 20 heavy (non-hydrogen) atoms. The van der Waals surface area contributed by atoms with Crippen LogP contribution in [0.1, 0.15) is 23.8 Å². The molecule has 0 fully saturated rings. The molecular weight excluding hydrogens is 254 g/mol. The quantitative estimate of drug-likeness (QED) is 0.844. The lowest BCUT2D eigenvalue weighted by Crippen LogP contribution is -2.29. The zero-order valence-corrected chi connectivity index (χ0v) is 11.5. The highest BCUT2D eigenvalue weighted by atomic mass is 16.5. The van der Waals surface area contributed by atoms with Gasteiger partial charge in [-0.2, -0.15) is 0 Å². The molecule has 1 amide bonds. The summed E-state index contributed by atoms with van der Waals surface area (Å²) >= 11 is 0. The van der Waals surface area contributed by atoms with E-state index in [9.17, 15) is 4.79 Å². The summed E-state index contributed by atoms with van der Waals surface area (Å²) in [5, 5.41) is 2.89. The van der Waals surface area contributed by atoms with E-state index in [0.717, 1.165) is 11.3 Å². The molecule has 0 bridgehead atoms. The largest absolute Gasteiger partial charge is 0.469 e. The highest BCUT2D eigenvalue weighted by Gasteiger charge is 2.11. The number of ether oxygens (including phenoxy) is 1. The summed E-state index contributed by atoms with van der Waals surface area (Å²) in [5.74, 6) is 0.825. The second-order valence-electron chi connectivity index (χ2n) is 4.52. The third-order valence-corrected chi connectivity index (χ3v) is 3.12. The van der Waals surface area contributed by atoms with Crippen LogP contribution in [-0.4, -0.2) is 19.6 Å².